The fourth-order valence-electron chi connectivity index (χ4n) is 4.13. The molecule has 1 heterocycles. The molecule has 0 radical (unpaired) electrons. The van der Waals surface area contributed by atoms with Crippen molar-refractivity contribution in [3.63, 3.8) is 0 Å². The minimum atomic E-state index is 0.548. The third-order valence-corrected chi connectivity index (χ3v) is 5.51. The zero-order valence-electron chi connectivity index (χ0n) is 13.7. The van der Waals surface area contributed by atoms with Crippen molar-refractivity contribution in [2.45, 2.75) is 84.3 Å². The van der Waals surface area contributed by atoms with Crippen LogP contribution >= 0.6 is 0 Å². The average molecular weight is 266 g/mol. The van der Waals surface area contributed by atoms with Gasteiger partial charge in [-0.05, 0) is 43.9 Å². The molecule has 2 atom stereocenters. The van der Waals surface area contributed by atoms with Crippen molar-refractivity contribution >= 4 is 0 Å². The zero-order valence-corrected chi connectivity index (χ0v) is 13.7. The maximum Gasteiger partial charge on any atom is 0.0249 e. The van der Waals surface area contributed by atoms with Crippen LogP contribution in [0.1, 0.15) is 66.7 Å². The van der Waals surface area contributed by atoms with Crippen LogP contribution < -0.4 is 5.32 Å². The third-order valence-electron chi connectivity index (χ3n) is 5.51. The Hall–Kier alpha value is -0.0800. The fraction of sp³-hybridized carbons (Fsp3) is 1.00. The molecule has 112 valence electrons. The topological polar surface area (TPSA) is 15.3 Å². The van der Waals surface area contributed by atoms with E-state index in [9.17, 15) is 0 Å². The standard InChI is InChI=1S/C17H34N2/c1-6-17(8-7-9-17)19-12-15(10-13(2)3)18-11-16(19)14(4)5/h13-16,18H,6-12H2,1-5H3. The molecule has 0 amide bonds. The molecular formula is C17H34N2. The smallest absolute Gasteiger partial charge is 0.0249 e. The number of hydrogen-bond acceptors (Lipinski definition) is 2. The van der Waals surface area contributed by atoms with Gasteiger partial charge in [0.15, 0.2) is 0 Å². The van der Waals surface area contributed by atoms with Gasteiger partial charge in [0, 0.05) is 30.7 Å². The Balaban J connectivity index is 2.08. The van der Waals surface area contributed by atoms with Crippen molar-refractivity contribution in [3.8, 4) is 0 Å². The Morgan fingerprint density at radius 2 is 1.89 bits per heavy atom. The van der Waals surface area contributed by atoms with E-state index in [-0.39, 0.29) is 0 Å². The first-order chi connectivity index (χ1) is 8.98. The highest BCUT2D eigenvalue weighted by molar-refractivity contribution is 5.03. The Bertz CT molecular complexity index is 275. The van der Waals surface area contributed by atoms with Gasteiger partial charge in [0.25, 0.3) is 0 Å². The second kappa shape index (κ2) is 6.13. The van der Waals surface area contributed by atoms with Crippen LogP contribution in [0.2, 0.25) is 0 Å². The Morgan fingerprint density at radius 1 is 1.21 bits per heavy atom. The van der Waals surface area contributed by atoms with Gasteiger partial charge in [-0.15, -0.1) is 0 Å². The van der Waals surface area contributed by atoms with Crippen LogP contribution in [0.3, 0.4) is 0 Å². The van der Waals surface area contributed by atoms with E-state index >= 15 is 0 Å². The lowest BCUT2D eigenvalue weighted by Gasteiger charge is -2.57. The van der Waals surface area contributed by atoms with Crippen molar-refractivity contribution in [2.75, 3.05) is 13.1 Å². The van der Waals surface area contributed by atoms with E-state index in [0.717, 1.165) is 17.9 Å². The summed E-state index contributed by atoms with van der Waals surface area (Å²) in [5, 5.41) is 3.81. The molecule has 0 aromatic carbocycles. The Labute approximate surface area is 120 Å². The van der Waals surface area contributed by atoms with Gasteiger partial charge in [0.1, 0.15) is 0 Å². The molecule has 2 aliphatic rings. The summed E-state index contributed by atoms with van der Waals surface area (Å²) in [7, 11) is 0. The van der Waals surface area contributed by atoms with Gasteiger partial charge in [0.05, 0.1) is 0 Å². The van der Waals surface area contributed by atoms with E-state index in [1.165, 1.54) is 45.2 Å². The van der Waals surface area contributed by atoms with E-state index < -0.39 is 0 Å². The predicted molar refractivity (Wildman–Crippen MR) is 83.5 cm³/mol. The SMILES string of the molecule is CCC1(N2CC(CC(C)C)NCC2C(C)C)CCC1. The van der Waals surface area contributed by atoms with Crippen LogP contribution in [0.15, 0.2) is 0 Å². The fourth-order valence-corrected chi connectivity index (χ4v) is 4.13. The van der Waals surface area contributed by atoms with E-state index in [1.807, 2.05) is 0 Å². The van der Waals surface area contributed by atoms with Crippen LogP contribution in [0.25, 0.3) is 0 Å². The molecule has 0 aromatic heterocycles. The summed E-state index contributed by atoms with van der Waals surface area (Å²) in [5.74, 6) is 1.56. The number of nitrogens with one attached hydrogen (secondary N) is 1. The molecule has 0 spiro atoms. The van der Waals surface area contributed by atoms with Crippen molar-refractivity contribution in [1.82, 2.24) is 10.2 Å². The third kappa shape index (κ3) is 3.16. The van der Waals surface area contributed by atoms with Crippen LogP contribution in [0.4, 0.5) is 0 Å². The summed E-state index contributed by atoms with van der Waals surface area (Å²) in [4.78, 5) is 2.91. The maximum atomic E-state index is 3.81. The molecule has 0 bridgehead atoms. The first-order valence-corrected chi connectivity index (χ1v) is 8.48. The van der Waals surface area contributed by atoms with Crippen molar-refractivity contribution in [2.24, 2.45) is 11.8 Å². The van der Waals surface area contributed by atoms with Crippen LogP contribution in [-0.4, -0.2) is 35.6 Å². The summed E-state index contributed by atoms with van der Waals surface area (Å²) < 4.78 is 0. The van der Waals surface area contributed by atoms with Gasteiger partial charge in [0.2, 0.25) is 0 Å². The second-order valence-corrected chi connectivity index (χ2v) is 7.63. The van der Waals surface area contributed by atoms with Crippen molar-refractivity contribution in [3.05, 3.63) is 0 Å². The molecular weight excluding hydrogens is 232 g/mol. The van der Waals surface area contributed by atoms with Crippen LogP contribution in [-0.2, 0) is 0 Å². The largest absolute Gasteiger partial charge is 0.311 e. The van der Waals surface area contributed by atoms with Crippen LogP contribution in [0, 0.1) is 11.8 Å². The summed E-state index contributed by atoms with van der Waals surface area (Å²) in [6.07, 6.45) is 6.96. The van der Waals surface area contributed by atoms with Gasteiger partial charge in [-0.1, -0.05) is 34.6 Å². The maximum absolute atomic E-state index is 3.81. The highest BCUT2D eigenvalue weighted by atomic mass is 15.3. The molecule has 2 nitrogen and oxygen atoms in total. The lowest BCUT2D eigenvalue weighted by Crippen LogP contribution is -2.67. The molecule has 1 aliphatic carbocycles. The number of rotatable bonds is 5. The van der Waals surface area contributed by atoms with Crippen molar-refractivity contribution < 1.29 is 0 Å². The molecule has 1 saturated carbocycles. The van der Waals surface area contributed by atoms with E-state index in [2.05, 4.69) is 44.8 Å². The first-order valence-electron chi connectivity index (χ1n) is 8.48. The summed E-state index contributed by atoms with van der Waals surface area (Å²) in [6, 6.07) is 1.45. The average Bonchev–Trinajstić information content (AvgIpc) is 2.27. The summed E-state index contributed by atoms with van der Waals surface area (Å²) >= 11 is 0. The molecule has 2 heteroatoms. The highest BCUT2D eigenvalue weighted by Crippen LogP contribution is 2.43. The van der Waals surface area contributed by atoms with E-state index in [0.29, 0.717) is 11.6 Å². The quantitative estimate of drug-likeness (QED) is 0.817. The lowest BCUT2D eigenvalue weighted by atomic mass is 9.71. The van der Waals surface area contributed by atoms with Gasteiger partial charge < -0.3 is 5.32 Å². The summed E-state index contributed by atoms with van der Waals surface area (Å²) in [6.45, 7) is 14.3. The molecule has 0 aromatic rings. The monoisotopic (exact) mass is 266 g/mol. The minimum absolute atomic E-state index is 0.548. The number of piperazine rings is 1. The molecule has 1 saturated heterocycles. The Kier molecular flexibility index (Phi) is 4.94. The normalized spacial score (nSPS) is 31.7. The lowest BCUT2D eigenvalue weighted by molar-refractivity contribution is -0.0582. The molecule has 1 N–H and O–H groups in total. The molecule has 2 fully saturated rings. The first kappa shape index (κ1) is 15.3. The van der Waals surface area contributed by atoms with Crippen molar-refractivity contribution in [1.29, 1.82) is 0 Å². The van der Waals surface area contributed by atoms with Gasteiger partial charge in [-0.2, -0.15) is 0 Å². The number of nitrogens with zero attached hydrogens (tertiary/aromatic N) is 1. The molecule has 1 aliphatic heterocycles. The van der Waals surface area contributed by atoms with Gasteiger partial charge in [-0.3, -0.25) is 4.90 Å². The molecule has 19 heavy (non-hydrogen) atoms. The Morgan fingerprint density at radius 3 is 2.32 bits per heavy atom. The van der Waals surface area contributed by atoms with Gasteiger partial charge >= 0.3 is 0 Å². The van der Waals surface area contributed by atoms with E-state index in [1.54, 1.807) is 0 Å². The summed E-state index contributed by atoms with van der Waals surface area (Å²) in [5.41, 5.74) is 0.548. The van der Waals surface area contributed by atoms with E-state index in [4.69, 9.17) is 0 Å². The zero-order chi connectivity index (χ0) is 14.0. The molecule has 2 unspecified atom stereocenters. The second-order valence-electron chi connectivity index (χ2n) is 7.63. The number of hydrogen-bond donors (Lipinski definition) is 1. The minimum Gasteiger partial charge on any atom is -0.311 e. The van der Waals surface area contributed by atoms with Gasteiger partial charge in [-0.25, -0.2) is 0 Å². The highest BCUT2D eigenvalue weighted by Gasteiger charge is 2.46. The van der Waals surface area contributed by atoms with Crippen LogP contribution in [0.5, 0.6) is 0 Å². The predicted octanol–water partition coefficient (Wildman–Crippen LogP) is 3.66. The molecule has 2 rings (SSSR count).